The number of furan rings is 1. The fourth-order valence-corrected chi connectivity index (χ4v) is 5.31. The second kappa shape index (κ2) is 10.2. The molecule has 1 aliphatic rings. The highest BCUT2D eigenvalue weighted by atomic mass is 16.4. The van der Waals surface area contributed by atoms with Crippen LogP contribution >= 0.6 is 0 Å². The molecule has 0 saturated carbocycles. The first kappa shape index (κ1) is 24.5. The van der Waals surface area contributed by atoms with Crippen molar-refractivity contribution in [3.63, 3.8) is 0 Å². The lowest BCUT2D eigenvalue weighted by Crippen LogP contribution is -2.36. The van der Waals surface area contributed by atoms with Crippen LogP contribution in [-0.4, -0.2) is 44.5 Å². The van der Waals surface area contributed by atoms with Crippen molar-refractivity contribution in [2.75, 3.05) is 16.8 Å². The molecule has 0 radical (unpaired) electrons. The fourth-order valence-electron chi connectivity index (χ4n) is 5.31. The van der Waals surface area contributed by atoms with E-state index in [0.29, 0.717) is 53.4 Å². The van der Waals surface area contributed by atoms with Crippen molar-refractivity contribution in [3.05, 3.63) is 90.0 Å². The van der Waals surface area contributed by atoms with E-state index < -0.39 is 12.0 Å². The third-order valence-corrected chi connectivity index (χ3v) is 7.08. The predicted octanol–water partition coefficient (Wildman–Crippen LogP) is 4.98. The fraction of sp³-hybridized carbons (Fsp3) is 0.233. The summed E-state index contributed by atoms with van der Waals surface area (Å²) >= 11 is 0. The molecule has 0 bridgehead atoms. The summed E-state index contributed by atoms with van der Waals surface area (Å²) in [6.45, 7) is 2.15. The maximum atomic E-state index is 12.9. The normalized spacial score (nSPS) is 17.1. The second-order valence-electron chi connectivity index (χ2n) is 9.93. The number of hydrogen-bond donors (Lipinski definition) is 2. The molecule has 0 spiro atoms. The molecular formula is C30H27N5O4. The Balaban J connectivity index is 1.17. The van der Waals surface area contributed by atoms with E-state index in [1.54, 1.807) is 18.0 Å². The maximum absolute atomic E-state index is 12.9. The number of nitrogens with zero attached hydrogens (tertiary/aromatic N) is 4. The molecule has 1 fully saturated rings. The van der Waals surface area contributed by atoms with Crippen LogP contribution in [0.1, 0.15) is 29.9 Å². The lowest BCUT2D eigenvalue weighted by atomic mass is 10.0. The quantitative estimate of drug-likeness (QED) is 0.308. The number of nitrogens with one attached hydrogen (secondary N) is 1. The summed E-state index contributed by atoms with van der Waals surface area (Å²) in [5, 5.41) is 13.8. The first-order valence-electron chi connectivity index (χ1n) is 12.9. The van der Waals surface area contributed by atoms with Crippen LogP contribution < -0.4 is 10.2 Å². The number of pyridine rings is 1. The highest BCUT2D eigenvalue weighted by Crippen LogP contribution is 2.37. The van der Waals surface area contributed by atoms with Crippen molar-refractivity contribution >= 4 is 45.5 Å². The van der Waals surface area contributed by atoms with E-state index in [-0.39, 0.29) is 18.2 Å². The molecule has 1 saturated heterocycles. The van der Waals surface area contributed by atoms with Gasteiger partial charge in [0.25, 0.3) is 0 Å². The van der Waals surface area contributed by atoms with Gasteiger partial charge < -0.3 is 19.7 Å². The average molecular weight is 522 g/mol. The van der Waals surface area contributed by atoms with Gasteiger partial charge in [0.2, 0.25) is 5.91 Å². The molecule has 0 aliphatic carbocycles. The Kier molecular flexibility index (Phi) is 6.40. The van der Waals surface area contributed by atoms with Gasteiger partial charge in [0, 0.05) is 42.4 Å². The lowest BCUT2D eigenvalue weighted by molar-refractivity contribution is -0.138. The first-order chi connectivity index (χ1) is 18.9. The number of carboxylic acid groups (broad SMARTS) is 1. The molecule has 2 aromatic carbocycles. The van der Waals surface area contributed by atoms with Gasteiger partial charge in [-0.3, -0.25) is 9.78 Å². The van der Waals surface area contributed by atoms with Crippen LogP contribution in [0.25, 0.3) is 22.1 Å². The summed E-state index contributed by atoms with van der Waals surface area (Å²) in [5.74, 6) is -0.296. The van der Waals surface area contributed by atoms with Gasteiger partial charge in [0.1, 0.15) is 23.0 Å². The van der Waals surface area contributed by atoms with Crippen LogP contribution in [-0.2, 0) is 16.0 Å². The molecule has 5 aromatic rings. The first-order valence-corrected chi connectivity index (χ1v) is 12.9. The van der Waals surface area contributed by atoms with Crippen LogP contribution in [0, 0.1) is 12.8 Å². The minimum atomic E-state index is -0.957. The van der Waals surface area contributed by atoms with E-state index in [1.807, 2.05) is 66.7 Å². The van der Waals surface area contributed by atoms with E-state index in [1.165, 1.54) is 0 Å². The molecule has 6 rings (SSSR count). The van der Waals surface area contributed by atoms with Crippen LogP contribution in [0.5, 0.6) is 0 Å². The van der Waals surface area contributed by atoms with Crippen LogP contribution in [0.15, 0.2) is 77.3 Å². The summed E-state index contributed by atoms with van der Waals surface area (Å²) in [5.41, 5.74) is 4.56. The molecule has 4 heterocycles. The molecule has 1 aliphatic heterocycles. The minimum Gasteiger partial charge on any atom is -0.480 e. The lowest BCUT2D eigenvalue weighted by Gasteiger charge is -2.22. The molecule has 9 nitrogen and oxygen atoms in total. The third-order valence-electron chi connectivity index (χ3n) is 7.08. The Bertz CT molecular complexity index is 1670. The Morgan fingerprint density at radius 2 is 1.85 bits per heavy atom. The standard InChI is InChI=1S/C30H27N5O4/c1-18-32-27-23-7-2-3-8-25(23)39-28(27)29(33-18)35-17-20(15-24(35)30(37)38)16-26(36)34-21-11-9-19(10-12-21)14-22-6-4-5-13-31-22/h2-13,20,24H,14-17H2,1H3,(H,34,36)(H,37,38)/t20-,24+/m1/s1. The second-order valence-corrected chi connectivity index (χ2v) is 9.93. The van der Waals surface area contributed by atoms with Crippen LogP contribution in [0.2, 0.25) is 0 Å². The van der Waals surface area contributed by atoms with Crippen molar-refractivity contribution in [3.8, 4) is 0 Å². The van der Waals surface area contributed by atoms with Gasteiger partial charge in [0.15, 0.2) is 11.4 Å². The molecule has 196 valence electrons. The highest BCUT2D eigenvalue weighted by Gasteiger charge is 2.40. The number of aliphatic carboxylic acids is 1. The van der Waals surface area contributed by atoms with Crippen molar-refractivity contribution < 1.29 is 19.1 Å². The minimum absolute atomic E-state index is 0.156. The van der Waals surface area contributed by atoms with Crippen molar-refractivity contribution in [1.82, 2.24) is 15.0 Å². The number of carbonyl (C=O) groups excluding carboxylic acids is 1. The predicted molar refractivity (Wildman–Crippen MR) is 148 cm³/mol. The van der Waals surface area contributed by atoms with Gasteiger partial charge in [-0.1, -0.05) is 30.3 Å². The molecule has 3 aromatic heterocycles. The van der Waals surface area contributed by atoms with Crippen molar-refractivity contribution in [2.45, 2.75) is 32.2 Å². The van der Waals surface area contributed by atoms with Crippen LogP contribution in [0.3, 0.4) is 0 Å². The average Bonchev–Trinajstić information content (AvgIpc) is 3.52. The maximum Gasteiger partial charge on any atom is 0.326 e. The number of carbonyl (C=O) groups is 2. The van der Waals surface area contributed by atoms with E-state index in [2.05, 4.69) is 20.3 Å². The largest absolute Gasteiger partial charge is 0.480 e. The number of amides is 1. The molecule has 1 amide bonds. The number of rotatable bonds is 7. The Morgan fingerprint density at radius 1 is 1.05 bits per heavy atom. The van der Waals surface area contributed by atoms with Crippen LogP contribution in [0.4, 0.5) is 11.5 Å². The zero-order chi connectivity index (χ0) is 26.9. The van der Waals surface area contributed by atoms with Crippen molar-refractivity contribution in [1.29, 1.82) is 0 Å². The summed E-state index contributed by atoms with van der Waals surface area (Å²) < 4.78 is 6.08. The number of para-hydroxylation sites is 1. The highest BCUT2D eigenvalue weighted by molar-refractivity contribution is 6.06. The monoisotopic (exact) mass is 521 g/mol. The van der Waals surface area contributed by atoms with Crippen molar-refractivity contribution in [2.24, 2.45) is 5.92 Å². The summed E-state index contributed by atoms with van der Waals surface area (Å²) in [6.07, 6.45) is 3.01. The molecule has 39 heavy (non-hydrogen) atoms. The van der Waals surface area contributed by atoms with Gasteiger partial charge in [-0.25, -0.2) is 14.8 Å². The zero-order valence-electron chi connectivity index (χ0n) is 21.4. The van der Waals surface area contributed by atoms with Gasteiger partial charge in [-0.15, -0.1) is 0 Å². The molecule has 9 heteroatoms. The van der Waals surface area contributed by atoms with Gasteiger partial charge in [-0.2, -0.15) is 0 Å². The zero-order valence-corrected chi connectivity index (χ0v) is 21.4. The number of fused-ring (bicyclic) bond motifs is 3. The molecule has 0 unspecified atom stereocenters. The SMILES string of the molecule is Cc1nc(N2C[C@@H](CC(=O)Nc3ccc(Cc4ccccn4)cc3)C[C@H]2C(=O)O)c2oc3ccccc3c2n1. The van der Waals surface area contributed by atoms with Gasteiger partial charge in [-0.05, 0) is 61.2 Å². The van der Waals surface area contributed by atoms with E-state index in [0.717, 1.165) is 16.6 Å². The number of aryl methyl sites for hydroxylation is 1. The summed E-state index contributed by atoms with van der Waals surface area (Å²) in [7, 11) is 0. The van der Waals surface area contributed by atoms with E-state index >= 15 is 0 Å². The number of hydrogen-bond acceptors (Lipinski definition) is 7. The number of aromatic nitrogens is 3. The molecule has 2 atom stereocenters. The Labute approximate surface area is 224 Å². The Morgan fingerprint density at radius 3 is 2.62 bits per heavy atom. The van der Waals surface area contributed by atoms with Gasteiger partial charge >= 0.3 is 5.97 Å². The van der Waals surface area contributed by atoms with E-state index in [4.69, 9.17) is 4.42 Å². The number of benzene rings is 2. The third kappa shape index (κ3) is 5.03. The smallest absolute Gasteiger partial charge is 0.326 e. The Hall–Kier alpha value is -4.79. The summed E-state index contributed by atoms with van der Waals surface area (Å²) in [4.78, 5) is 40.4. The number of anilines is 2. The van der Waals surface area contributed by atoms with E-state index in [9.17, 15) is 14.7 Å². The molecule has 2 N–H and O–H groups in total. The summed E-state index contributed by atoms with van der Waals surface area (Å²) in [6, 6.07) is 20.3. The van der Waals surface area contributed by atoms with Gasteiger partial charge in [0.05, 0.1) is 0 Å². The molecular weight excluding hydrogens is 494 g/mol. The number of carboxylic acids is 1. The topological polar surface area (TPSA) is 121 Å².